The zero-order valence-corrected chi connectivity index (χ0v) is 12.1. The van der Waals surface area contributed by atoms with Gasteiger partial charge in [0.15, 0.2) is 0 Å². The van der Waals surface area contributed by atoms with Crippen molar-refractivity contribution in [3.63, 3.8) is 0 Å². The monoisotopic (exact) mass is 262 g/mol. The van der Waals surface area contributed by atoms with Gasteiger partial charge in [0, 0.05) is 12.6 Å². The van der Waals surface area contributed by atoms with Crippen molar-refractivity contribution in [2.75, 3.05) is 6.54 Å². The van der Waals surface area contributed by atoms with Crippen LogP contribution in [0.4, 0.5) is 4.79 Å². The molecule has 106 valence electrons. The topological polar surface area (TPSA) is 32.3 Å². The lowest BCUT2D eigenvalue weighted by atomic mass is 9.54. The summed E-state index contributed by atoms with van der Waals surface area (Å²) in [5.41, 5.74) is 0. The summed E-state index contributed by atoms with van der Waals surface area (Å²) in [6.07, 6.45) is 7.07. The minimum absolute atomic E-state index is 0.219. The van der Waals surface area contributed by atoms with Crippen LogP contribution in [0.3, 0.4) is 0 Å². The van der Waals surface area contributed by atoms with Crippen LogP contribution >= 0.6 is 0 Å². The van der Waals surface area contributed by atoms with Crippen molar-refractivity contribution in [3.8, 4) is 0 Å². The van der Waals surface area contributed by atoms with E-state index in [1.165, 1.54) is 32.1 Å². The fraction of sp³-hybridized carbons (Fsp3) is 0.938. The molecule has 0 aromatic rings. The van der Waals surface area contributed by atoms with Crippen LogP contribution in [-0.4, -0.2) is 29.6 Å². The fourth-order valence-corrected chi connectivity index (χ4v) is 5.62. The van der Waals surface area contributed by atoms with Gasteiger partial charge < -0.3 is 10.2 Å². The molecule has 19 heavy (non-hydrogen) atoms. The van der Waals surface area contributed by atoms with Crippen LogP contribution in [0.1, 0.15) is 46.0 Å². The van der Waals surface area contributed by atoms with Gasteiger partial charge in [-0.2, -0.15) is 0 Å². The predicted molar refractivity (Wildman–Crippen MR) is 74.7 cm³/mol. The number of hydrogen-bond acceptors (Lipinski definition) is 1. The molecule has 5 aliphatic rings. The van der Waals surface area contributed by atoms with E-state index < -0.39 is 0 Å². The maximum Gasteiger partial charge on any atom is 0.318 e. The molecule has 0 radical (unpaired) electrons. The highest BCUT2D eigenvalue weighted by atomic mass is 16.2. The van der Waals surface area contributed by atoms with Crippen molar-refractivity contribution >= 4 is 6.03 Å². The maximum atomic E-state index is 12.3. The normalized spacial score (nSPS) is 48.2. The Labute approximate surface area is 116 Å². The second-order valence-corrected chi connectivity index (χ2v) is 7.87. The number of nitrogens with zero attached hydrogens (tertiary/aromatic N) is 1. The molecule has 5 rings (SSSR count). The second-order valence-electron chi connectivity index (χ2n) is 7.87. The smallest absolute Gasteiger partial charge is 0.318 e. The number of nitrogens with one attached hydrogen (secondary N) is 1. The van der Waals surface area contributed by atoms with Gasteiger partial charge in [0.25, 0.3) is 0 Å². The Morgan fingerprint density at radius 2 is 1.63 bits per heavy atom. The summed E-state index contributed by atoms with van der Waals surface area (Å²) in [5.74, 6) is 4.15. The van der Waals surface area contributed by atoms with Crippen LogP contribution in [0.25, 0.3) is 0 Å². The van der Waals surface area contributed by atoms with Crippen molar-refractivity contribution in [1.82, 2.24) is 10.2 Å². The first-order valence-corrected chi connectivity index (χ1v) is 8.19. The van der Waals surface area contributed by atoms with Crippen LogP contribution in [0.15, 0.2) is 0 Å². The van der Waals surface area contributed by atoms with Gasteiger partial charge in [-0.05, 0) is 61.7 Å². The molecule has 1 heterocycles. The van der Waals surface area contributed by atoms with Gasteiger partial charge in [0.05, 0.1) is 6.04 Å². The molecule has 5 fully saturated rings. The summed E-state index contributed by atoms with van der Waals surface area (Å²) in [7, 11) is 0. The number of carbonyl (C=O) groups is 1. The van der Waals surface area contributed by atoms with Crippen LogP contribution in [0.2, 0.25) is 0 Å². The zero-order chi connectivity index (χ0) is 13.1. The van der Waals surface area contributed by atoms with Crippen molar-refractivity contribution < 1.29 is 4.79 Å². The molecule has 1 saturated heterocycles. The molecular formula is C16H26N2O. The molecule has 3 heteroatoms. The van der Waals surface area contributed by atoms with E-state index in [0.717, 1.165) is 30.2 Å². The summed E-state index contributed by atoms with van der Waals surface area (Å²) in [6, 6.07) is 1.15. The number of hydrogen-bond donors (Lipinski definition) is 1. The number of carbonyl (C=O) groups excluding carboxylic acids is 1. The molecule has 3 nitrogen and oxygen atoms in total. The lowest BCUT2D eigenvalue weighted by molar-refractivity contribution is -0.0473. The van der Waals surface area contributed by atoms with Gasteiger partial charge in [-0.1, -0.05) is 13.8 Å². The Morgan fingerprint density at radius 3 is 2.11 bits per heavy atom. The molecular weight excluding hydrogens is 236 g/mol. The molecule has 4 aliphatic carbocycles. The van der Waals surface area contributed by atoms with Gasteiger partial charge in [0.1, 0.15) is 0 Å². The third-order valence-electron chi connectivity index (χ3n) is 6.30. The predicted octanol–water partition coefficient (Wildman–Crippen LogP) is 2.86. The average Bonchev–Trinajstić information content (AvgIpc) is 2.70. The van der Waals surface area contributed by atoms with Gasteiger partial charge in [0.2, 0.25) is 0 Å². The first kappa shape index (κ1) is 12.0. The van der Waals surface area contributed by atoms with Crippen LogP contribution in [-0.2, 0) is 0 Å². The summed E-state index contributed by atoms with van der Waals surface area (Å²) in [4.78, 5) is 14.5. The van der Waals surface area contributed by atoms with Gasteiger partial charge in [-0.3, -0.25) is 0 Å². The summed E-state index contributed by atoms with van der Waals surface area (Å²) in [5, 5.41) is 3.20. The molecule has 1 unspecified atom stereocenters. The number of amides is 2. The van der Waals surface area contributed by atoms with Crippen molar-refractivity contribution in [2.45, 2.75) is 58.0 Å². The first-order valence-electron chi connectivity index (χ1n) is 8.19. The summed E-state index contributed by atoms with van der Waals surface area (Å²) >= 11 is 0. The largest absolute Gasteiger partial charge is 0.333 e. The Hall–Kier alpha value is -0.730. The van der Waals surface area contributed by atoms with Gasteiger partial charge in [-0.15, -0.1) is 0 Å². The highest BCUT2D eigenvalue weighted by Gasteiger charge is 2.52. The lowest BCUT2D eigenvalue weighted by Crippen LogP contribution is -2.56. The fourth-order valence-electron chi connectivity index (χ4n) is 5.62. The molecule has 0 aromatic heterocycles. The molecule has 1 N–H and O–H groups in total. The van der Waals surface area contributed by atoms with Crippen molar-refractivity contribution in [1.29, 1.82) is 0 Å². The van der Waals surface area contributed by atoms with E-state index in [4.69, 9.17) is 0 Å². The molecule has 4 bridgehead atoms. The quantitative estimate of drug-likeness (QED) is 0.815. The summed E-state index contributed by atoms with van der Waals surface area (Å²) in [6.45, 7) is 5.38. The highest BCUT2D eigenvalue weighted by Crippen LogP contribution is 2.55. The van der Waals surface area contributed by atoms with Crippen LogP contribution in [0, 0.1) is 29.6 Å². The van der Waals surface area contributed by atoms with E-state index in [9.17, 15) is 4.79 Å². The van der Waals surface area contributed by atoms with Crippen LogP contribution in [0.5, 0.6) is 0 Å². The number of rotatable bonds is 2. The third-order valence-corrected chi connectivity index (χ3v) is 6.30. The van der Waals surface area contributed by atoms with Crippen LogP contribution < -0.4 is 5.32 Å². The first-order chi connectivity index (χ1) is 9.11. The molecule has 1 aliphatic heterocycles. The molecule has 0 aromatic carbocycles. The maximum absolute atomic E-state index is 12.3. The van der Waals surface area contributed by atoms with E-state index in [-0.39, 0.29) is 6.03 Å². The second kappa shape index (κ2) is 4.13. The minimum atomic E-state index is 0.219. The minimum Gasteiger partial charge on any atom is -0.333 e. The van der Waals surface area contributed by atoms with Gasteiger partial charge >= 0.3 is 6.03 Å². The zero-order valence-electron chi connectivity index (χ0n) is 12.1. The van der Waals surface area contributed by atoms with Crippen molar-refractivity contribution in [2.24, 2.45) is 29.6 Å². The molecule has 2 amide bonds. The molecule has 4 saturated carbocycles. The Balaban J connectivity index is 1.55. The van der Waals surface area contributed by atoms with Gasteiger partial charge in [-0.25, -0.2) is 4.79 Å². The lowest BCUT2D eigenvalue weighted by Gasteiger charge is -2.56. The van der Waals surface area contributed by atoms with Crippen molar-refractivity contribution in [3.05, 3.63) is 0 Å². The molecule has 0 spiro atoms. The number of urea groups is 1. The third kappa shape index (κ3) is 1.80. The summed E-state index contributed by atoms with van der Waals surface area (Å²) < 4.78 is 0. The highest BCUT2D eigenvalue weighted by molar-refractivity contribution is 5.77. The Bertz CT molecular complexity index is 364. The van der Waals surface area contributed by atoms with E-state index in [1.807, 2.05) is 0 Å². The van der Waals surface area contributed by atoms with E-state index in [0.29, 0.717) is 18.0 Å². The van der Waals surface area contributed by atoms with E-state index in [1.54, 1.807) is 0 Å². The molecule has 1 atom stereocenters. The average molecular weight is 262 g/mol. The standard InChI is InChI=1S/C16H26N2O/c1-9(2)14-8-18(16(19)17-14)15-12-4-10-3-11(6-12)7-13(15)5-10/h9-15H,3-8H2,1-2H3,(H,17,19). The Morgan fingerprint density at radius 1 is 1.05 bits per heavy atom. The Kier molecular flexibility index (Phi) is 2.62. The van der Waals surface area contributed by atoms with E-state index >= 15 is 0 Å². The van der Waals surface area contributed by atoms with E-state index in [2.05, 4.69) is 24.1 Å². The SMILES string of the molecule is CC(C)C1CN(C2C3CC4CC(C3)CC2C4)C(=O)N1.